The lowest BCUT2D eigenvalue weighted by Gasteiger charge is -2.01. The standard InChI is InChI=1S/C10H12FNO/c11-10-4-8(13)3-7-1-6(5-12)2-9(7)10/h3-4,6,13H,1-2,5,12H2. The molecule has 1 aromatic carbocycles. The normalized spacial score (nSPS) is 20.3. The van der Waals surface area contributed by atoms with Crippen LogP contribution in [-0.4, -0.2) is 11.7 Å². The third kappa shape index (κ3) is 1.40. The van der Waals surface area contributed by atoms with Crippen molar-refractivity contribution < 1.29 is 9.50 Å². The van der Waals surface area contributed by atoms with Crippen molar-refractivity contribution in [3.05, 3.63) is 29.1 Å². The minimum absolute atomic E-state index is 0.00826. The Morgan fingerprint density at radius 2 is 2.23 bits per heavy atom. The van der Waals surface area contributed by atoms with Crippen LogP contribution in [0.1, 0.15) is 11.1 Å². The summed E-state index contributed by atoms with van der Waals surface area (Å²) in [6.07, 6.45) is 1.50. The first-order valence-corrected chi connectivity index (χ1v) is 4.41. The van der Waals surface area contributed by atoms with E-state index in [1.165, 1.54) is 0 Å². The van der Waals surface area contributed by atoms with Crippen LogP contribution < -0.4 is 5.73 Å². The van der Waals surface area contributed by atoms with Gasteiger partial charge in [0, 0.05) is 6.07 Å². The molecule has 3 N–H and O–H groups in total. The maximum absolute atomic E-state index is 13.3. The van der Waals surface area contributed by atoms with Crippen molar-refractivity contribution in [1.29, 1.82) is 0 Å². The predicted molar refractivity (Wildman–Crippen MR) is 48.0 cm³/mol. The molecular weight excluding hydrogens is 169 g/mol. The Balaban J connectivity index is 2.40. The van der Waals surface area contributed by atoms with Crippen molar-refractivity contribution in [1.82, 2.24) is 0 Å². The van der Waals surface area contributed by atoms with E-state index >= 15 is 0 Å². The number of rotatable bonds is 1. The van der Waals surface area contributed by atoms with Gasteiger partial charge in [-0.15, -0.1) is 0 Å². The van der Waals surface area contributed by atoms with Crippen LogP contribution in [0.4, 0.5) is 4.39 Å². The summed E-state index contributed by atoms with van der Waals surface area (Å²) in [4.78, 5) is 0. The molecule has 0 fully saturated rings. The fourth-order valence-corrected chi connectivity index (χ4v) is 1.93. The Hall–Kier alpha value is -1.09. The van der Waals surface area contributed by atoms with E-state index in [1.54, 1.807) is 6.07 Å². The van der Waals surface area contributed by atoms with Crippen molar-refractivity contribution in [3.8, 4) is 5.75 Å². The molecule has 0 aliphatic heterocycles. The molecule has 1 aromatic rings. The maximum Gasteiger partial charge on any atom is 0.130 e. The van der Waals surface area contributed by atoms with E-state index in [0.29, 0.717) is 18.9 Å². The number of aromatic hydroxyl groups is 1. The summed E-state index contributed by atoms with van der Waals surface area (Å²) in [5, 5.41) is 9.16. The van der Waals surface area contributed by atoms with Crippen molar-refractivity contribution in [2.75, 3.05) is 6.54 Å². The second kappa shape index (κ2) is 3.00. The van der Waals surface area contributed by atoms with Crippen LogP contribution in [0, 0.1) is 11.7 Å². The summed E-state index contributed by atoms with van der Waals surface area (Å²) in [5.41, 5.74) is 7.16. The topological polar surface area (TPSA) is 46.2 Å². The highest BCUT2D eigenvalue weighted by Gasteiger charge is 2.23. The van der Waals surface area contributed by atoms with Crippen molar-refractivity contribution >= 4 is 0 Å². The van der Waals surface area contributed by atoms with Gasteiger partial charge in [-0.3, -0.25) is 0 Å². The zero-order valence-corrected chi connectivity index (χ0v) is 7.26. The lowest BCUT2D eigenvalue weighted by Crippen LogP contribution is -2.13. The van der Waals surface area contributed by atoms with Gasteiger partial charge in [0.1, 0.15) is 11.6 Å². The average Bonchev–Trinajstić information content (AvgIpc) is 2.47. The van der Waals surface area contributed by atoms with E-state index in [-0.39, 0.29) is 11.6 Å². The molecule has 0 bridgehead atoms. The molecule has 0 radical (unpaired) electrons. The largest absolute Gasteiger partial charge is 0.508 e. The Bertz CT molecular complexity index is 338. The highest BCUT2D eigenvalue weighted by Crippen LogP contribution is 2.31. The summed E-state index contributed by atoms with van der Waals surface area (Å²) in [7, 11) is 0. The summed E-state index contributed by atoms with van der Waals surface area (Å²) in [6.45, 7) is 0.578. The van der Waals surface area contributed by atoms with Crippen LogP contribution in [0.15, 0.2) is 12.1 Å². The van der Waals surface area contributed by atoms with Gasteiger partial charge < -0.3 is 10.8 Å². The number of benzene rings is 1. The van der Waals surface area contributed by atoms with Crippen LogP contribution in [0.3, 0.4) is 0 Å². The van der Waals surface area contributed by atoms with Gasteiger partial charge in [0.2, 0.25) is 0 Å². The molecule has 0 saturated carbocycles. The third-order valence-corrected chi connectivity index (χ3v) is 2.61. The number of phenolic OH excluding ortho intramolecular Hbond substituents is 1. The van der Waals surface area contributed by atoms with Gasteiger partial charge in [-0.1, -0.05) is 0 Å². The second-order valence-electron chi connectivity index (χ2n) is 3.58. The molecule has 1 atom stereocenters. The predicted octanol–water partition coefficient (Wildman–Crippen LogP) is 1.20. The van der Waals surface area contributed by atoms with Crippen LogP contribution in [0.2, 0.25) is 0 Å². The van der Waals surface area contributed by atoms with Gasteiger partial charge >= 0.3 is 0 Å². The fourth-order valence-electron chi connectivity index (χ4n) is 1.93. The minimum atomic E-state index is -0.300. The number of phenols is 1. The Labute approximate surface area is 76.2 Å². The quantitative estimate of drug-likeness (QED) is 0.684. The smallest absolute Gasteiger partial charge is 0.130 e. The molecule has 2 rings (SSSR count). The van der Waals surface area contributed by atoms with Crippen LogP contribution in [0.5, 0.6) is 5.75 Å². The number of hydrogen-bond acceptors (Lipinski definition) is 2. The molecule has 1 unspecified atom stereocenters. The molecule has 0 aromatic heterocycles. The lowest BCUT2D eigenvalue weighted by molar-refractivity contribution is 0.467. The Morgan fingerprint density at radius 1 is 1.46 bits per heavy atom. The van der Waals surface area contributed by atoms with Gasteiger partial charge in [0.25, 0.3) is 0 Å². The number of fused-ring (bicyclic) bond motifs is 1. The number of hydrogen-bond donors (Lipinski definition) is 2. The van der Waals surface area contributed by atoms with Crippen LogP contribution in [0.25, 0.3) is 0 Å². The summed E-state index contributed by atoms with van der Waals surface area (Å²) < 4.78 is 13.3. The molecule has 0 saturated heterocycles. The molecule has 0 spiro atoms. The van der Waals surface area contributed by atoms with E-state index in [4.69, 9.17) is 10.8 Å². The summed E-state index contributed by atoms with van der Waals surface area (Å²) >= 11 is 0. The zero-order chi connectivity index (χ0) is 9.42. The monoisotopic (exact) mass is 181 g/mol. The Morgan fingerprint density at radius 3 is 2.92 bits per heavy atom. The third-order valence-electron chi connectivity index (χ3n) is 2.61. The molecule has 1 aliphatic carbocycles. The first-order valence-electron chi connectivity index (χ1n) is 4.41. The van der Waals surface area contributed by atoms with Crippen LogP contribution in [-0.2, 0) is 12.8 Å². The van der Waals surface area contributed by atoms with Gasteiger partial charge in [0.15, 0.2) is 0 Å². The van der Waals surface area contributed by atoms with Crippen molar-refractivity contribution in [3.63, 3.8) is 0 Å². The van der Waals surface area contributed by atoms with Crippen molar-refractivity contribution in [2.45, 2.75) is 12.8 Å². The molecule has 0 heterocycles. The number of halogens is 1. The lowest BCUT2D eigenvalue weighted by atomic mass is 10.1. The van der Waals surface area contributed by atoms with Gasteiger partial charge in [-0.05, 0) is 42.5 Å². The average molecular weight is 181 g/mol. The van der Waals surface area contributed by atoms with E-state index < -0.39 is 0 Å². The van der Waals surface area contributed by atoms with Crippen molar-refractivity contribution in [2.24, 2.45) is 11.7 Å². The summed E-state index contributed by atoms with van der Waals surface area (Å²) in [5.74, 6) is 0.0474. The van der Waals surface area contributed by atoms with Gasteiger partial charge in [-0.25, -0.2) is 4.39 Å². The van der Waals surface area contributed by atoms with E-state index in [9.17, 15) is 4.39 Å². The molecule has 13 heavy (non-hydrogen) atoms. The highest BCUT2D eigenvalue weighted by molar-refractivity contribution is 5.39. The minimum Gasteiger partial charge on any atom is -0.508 e. The SMILES string of the molecule is NCC1Cc2cc(O)cc(F)c2C1. The first-order chi connectivity index (χ1) is 6.20. The fraction of sp³-hybridized carbons (Fsp3) is 0.400. The molecule has 1 aliphatic rings. The van der Waals surface area contributed by atoms with Crippen LogP contribution >= 0.6 is 0 Å². The van der Waals surface area contributed by atoms with E-state index in [0.717, 1.165) is 23.6 Å². The first kappa shape index (κ1) is 8.51. The molecule has 2 nitrogen and oxygen atoms in total. The molecule has 3 heteroatoms. The number of nitrogens with two attached hydrogens (primary N) is 1. The van der Waals surface area contributed by atoms with E-state index in [2.05, 4.69) is 0 Å². The highest BCUT2D eigenvalue weighted by atomic mass is 19.1. The molecule has 0 amide bonds. The maximum atomic E-state index is 13.3. The van der Waals surface area contributed by atoms with Gasteiger partial charge in [0.05, 0.1) is 0 Å². The Kier molecular flexibility index (Phi) is 1.96. The molecular formula is C10H12FNO. The summed E-state index contributed by atoms with van der Waals surface area (Å²) in [6, 6.07) is 2.80. The van der Waals surface area contributed by atoms with E-state index in [1.807, 2.05) is 0 Å². The zero-order valence-electron chi connectivity index (χ0n) is 7.26. The van der Waals surface area contributed by atoms with Gasteiger partial charge in [-0.2, -0.15) is 0 Å². The second-order valence-corrected chi connectivity index (χ2v) is 3.58. The molecule has 70 valence electrons.